The summed E-state index contributed by atoms with van der Waals surface area (Å²) in [6.07, 6.45) is 2.13. The summed E-state index contributed by atoms with van der Waals surface area (Å²) in [7, 11) is 0. The van der Waals surface area contributed by atoms with E-state index in [1.165, 1.54) is 18.2 Å². The molecule has 4 heteroatoms. The zero-order chi connectivity index (χ0) is 15.4. The van der Waals surface area contributed by atoms with Gasteiger partial charge >= 0.3 is 0 Å². The number of halogens is 1. The number of piperidine rings is 1. The van der Waals surface area contributed by atoms with Gasteiger partial charge in [0.2, 0.25) is 0 Å². The molecule has 1 aromatic rings. The van der Waals surface area contributed by atoms with E-state index in [0.29, 0.717) is 17.0 Å². The molecule has 0 radical (unpaired) electrons. The van der Waals surface area contributed by atoms with Crippen molar-refractivity contribution in [3.05, 3.63) is 35.1 Å². The van der Waals surface area contributed by atoms with Crippen molar-refractivity contribution in [3.8, 4) is 11.8 Å². The van der Waals surface area contributed by atoms with Crippen LogP contribution < -0.4 is 5.73 Å². The van der Waals surface area contributed by atoms with Crippen LogP contribution in [0.1, 0.15) is 42.6 Å². The summed E-state index contributed by atoms with van der Waals surface area (Å²) in [5.74, 6) is 5.51. The molecular formula is C17H21FN2O. The van der Waals surface area contributed by atoms with E-state index in [0.717, 1.165) is 19.4 Å². The van der Waals surface area contributed by atoms with Gasteiger partial charge in [-0.25, -0.2) is 4.39 Å². The van der Waals surface area contributed by atoms with E-state index in [2.05, 4.69) is 25.7 Å². The van der Waals surface area contributed by atoms with Gasteiger partial charge in [0.1, 0.15) is 5.82 Å². The van der Waals surface area contributed by atoms with Gasteiger partial charge in [0.05, 0.1) is 12.1 Å². The van der Waals surface area contributed by atoms with Crippen molar-refractivity contribution in [2.24, 2.45) is 11.7 Å². The second kappa shape index (κ2) is 6.73. The lowest BCUT2D eigenvalue weighted by Gasteiger charge is -2.37. The van der Waals surface area contributed by atoms with Crippen LogP contribution in [0.4, 0.5) is 4.39 Å². The Morgan fingerprint density at radius 2 is 2.19 bits per heavy atom. The lowest BCUT2D eigenvalue weighted by molar-refractivity contribution is 0.0573. The number of likely N-dealkylation sites (tertiary alicyclic amines) is 1. The van der Waals surface area contributed by atoms with E-state index in [1.807, 2.05) is 4.90 Å². The first-order valence-electron chi connectivity index (χ1n) is 7.32. The molecule has 0 saturated carbocycles. The number of amides is 1. The highest BCUT2D eigenvalue weighted by atomic mass is 19.1. The summed E-state index contributed by atoms with van der Waals surface area (Å²) in [5.41, 5.74) is 6.23. The lowest BCUT2D eigenvalue weighted by atomic mass is 9.93. The third kappa shape index (κ3) is 3.62. The van der Waals surface area contributed by atoms with Gasteiger partial charge in [-0.1, -0.05) is 18.8 Å². The summed E-state index contributed by atoms with van der Waals surface area (Å²) < 4.78 is 13.4. The zero-order valence-electron chi connectivity index (χ0n) is 12.5. The topological polar surface area (TPSA) is 46.3 Å². The van der Waals surface area contributed by atoms with Gasteiger partial charge in [0.15, 0.2) is 0 Å². The summed E-state index contributed by atoms with van der Waals surface area (Å²) in [5, 5.41) is 0. The van der Waals surface area contributed by atoms with Crippen LogP contribution in [-0.4, -0.2) is 29.9 Å². The summed E-state index contributed by atoms with van der Waals surface area (Å²) in [6.45, 7) is 5.12. The average molecular weight is 288 g/mol. The largest absolute Gasteiger partial charge is 0.336 e. The normalized spacial score (nSPS) is 21.6. The molecule has 3 nitrogen and oxygen atoms in total. The van der Waals surface area contributed by atoms with Crippen molar-refractivity contribution in [2.45, 2.75) is 32.7 Å². The third-order valence-corrected chi connectivity index (χ3v) is 3.92. The Labute approximate surface area is 125 Å². The minimum atomic E-state index is -0.395. The molecule has 1 amide bonds. The Bertz CT molecular complexity index is 588. The van der Waals surface area contributed by atoms with Crippen molar-refractivity contribution in [2.75, 3.05) is 13.1 Å². The van der Waals surface area contributed by atoms with Crippen LogP contribution in [-0.2, 0) is 0 Å². The summed E-state index contributed by atoms with van der Waals surface area (Å²) in [6, 6.07) is 4.32. The highest BCUT2D eigenvalue weighted by Crippen LogP contribution is 2.24. The number of nitrogens with two attached hydrogens (primary N) is 1. The van der Waals surface area contributed by atoms with Gasteiger partial charge in [-0.3, -0.25) is 4.79 Å². The predicted octanol–water partition coefficient (Wildman–Crippen LogP) is 2.40. The van der Waals surface area contributed by atoms with E-state index in [1.54, 1.807) is 0 Å². The molecule has 0 aromatic heterocycles. The van der Waals surface area contributed by atoms with Gasteiger partial charge in [-0.05, 0) is 43.9 Å². The Morgan fingerprint density at radius 1 is 1.43 bits per heavy atom. The second-order valence-corrected chi connectivity index (χ2v) is 5.68. The van der Waals surface area contributed by atoms with Gasteiger partial charge in [0.25, 0.3) is 5.91 Å². The Morgan fingerprint density at radius 3 is 2.90 bits per heavy atom. The molecule has 1 aliphatic heterocycles. The van der Waals surface area contributed by atoms with Crippen molar-refractivity contribution in [1.29, 1.82) is 0 Å². The first-order valence-corrected chi connectivity index (χ1v) is 7.32. The molecule has 1 saturated heterocycles. The number of rotatable bonds is 1. The molecule has 1 aromatic carbocycles. The predicted molar refractivity (Wildman–Crippen MR) is 81.2 cm³/mol. The molecule has 112 valence electrons. The molecule has 2 N–H and O–H groups in total. The third-order valence-electron chi connectivity index (χ3n) is 3.92. The van der Waals surface area contributed by atoms with Gasteiger partial charge in [-0.15, -0.1) is 0 Å². The average Bonchev–Trinajstić information content (AvgIpc) is 2.47. The van der Waals surface area contributed by atoms with Crippen LogP contribution in [0.15, 0.2) is 18.2 Å². The molecule has 2 unspecified atom stereocenters. The molecule has 0 spiro atoms. The fourth-order valence-electron chi connectivity index (χ4n) is 2.68. The molecule has 0 bridgehead atoms. The van der Waals surface area contributed by atoms with E-state index < -0.39 is 5.82 Å². The molecule has 1 fully saturated rings. The van der Waals surface area contributed by atoms with Crippen molar-refractivity contribution in [1.82, 2.24) is 4.90 Å². The van der Waals surface area contributed by atoms with Crippen LogP contribution in [0, 0.1) is 23.6 Å². The minimum Gasteiger partial charge on any atom is -0.336 e. The maximum Gasteiger partial charge on any atom is 0.255 e. The quantitative estimate of drug-likeness (QED) is 0.807. The summed E-state index contributed by atoms with van der Waals surface area (Å²) >= 11 is 0. The minimum absolute atomic E-state index is 0.0737. The molecule has 0 aliphatic carbocycles. The maximum atomic E-state index is 13.4. The fourth-order valence-corrected chi connectivity index (χ4v) is 2.68. The van der Waals surface area contributed by atoms with Crippen molar-refractivity contribution >= 4 is 5.91 Å². The smallest absolute Gasteiger partial charge is 0.255 e. The highest BCUT2D eigenvalue weighted by molar-refractivity contribution is 5.97. The Hall–Kier alpha value is -1.86. The van der Waals surface area contributed by atoms with Crippen LogP contribution in [0.2, 0.25) is 0 Å². The van der Waals surface area contributed by atoms with Gasteiger partial charge < -0.3 is 10.6 Å². The van der Waals surface area contributed by atoms with E-state index >= 15 is 0 Å². The molecular weight excluding hydrogens is 267 g/mol. The molecule has 2 atom stereocenters. The van der Waals surface area contributed by atoms with Crippen molar-refractivity contribution in [3.63, 3.8) is 0 Å². The highest BCUT2D eigenvalue weighted by Gasteiger charge is 2.28. The maximum absolute atomic E-state index is 13.4. The number of hydrogen-bond acceptors (Lipinski definition) is 2. The zero-order valence-corrected chi connectivity index (χ0v) is 12.5. The standard InChI is InChI=1S/C17H21FN2O/c1-12-5-6-13(2)20(11-12)17(21)16-8-7-15(18)10-14(16)4-3-9-19/h7-8,10,12-13H,5-6,9,11,19H2,1-2H3. The van der Waals surface area contributed by atoms with Crippen LogP contribution in [0.5, 0.6) is 0 Å². The van der Waals surface area contributed by atoms with E-state index in [9.17, 15) is 9.18 Å². The number of carbonyl (C=O) groups is 1. The monoisotopic (exact) mass is 288 g/mol. The van der Waals surface area contributed by atoms with Gasteiger partial charge in [0, 0.05) is 18.2 Å². The SMILES string of the molecule is CC1CCC(C)N(C(=O)c2ccc(F)cc2C#CCN)C1. The van der Waals surface area contributed by atoms with Crippen LogP contribution in [0.25, 0.3) is 0 Å². The summed E-state index contributed by atoms with van der Waals surface area (Å²) in [4.78, 5) is 14.6. The molecule has 1 aliphatic rings. The second-order valence-electron chi connectivity index (χ2n) is 5.68. The van der Waals surface area contributed by atoms with Crippen molar-refractivity contribution < 1.29 is 9.18 Å². The first-order chi connectivity index (χ1) is 10.0. The number of carbonyl (C=O) groups excluding carboxylic acids is 1. The molecule has 21 heavy (non-hydrogen) atoms. The number of nitrogens with zero attached hydrogens (tertiary/aromatic N) is 1. The first kappa shape index (κ1) is 15.5. The lowest BCUT2D eigenvalue weighted by Crippen LogP contribution is -2.45. The number of hydrogen-bond donors (Lipinski definition) is 1. The Balaban J connectivity index is 2.34. The molecule has 2 rings (SSSR count). The van der Waals surface area contributed by atoms with Gasteiger partial charge in [-0.2, -0.15) is 0 Å². The van der Waals surface area contributed by atoms with Crippen LogP contribution in [0.3, 0.4) is 0 Å². The number of benzene rings is 1. The van der Waals surface area contributed by atoms with Crippen LogP contribution >= 0.6 is 0 Å². The van der Waals surface area contributed by atoms with E-state index in [-0.39, 0.29) is 18.5 Å². The molecule has 1 heterocycles. The fraction of sp³-hybridized carbons (Fsp3) is 0.471. The van der Waals surface area contributed by atoms with E-state index in [4.69, 9.17) is 5.73 Å². The Kier molecular flexibility index (Phi) is 4.98.